The van der Waals surface area contributed by atoms with Crippen molar-refractivity contribution in [2.45, 2.75) is 38.5 Å². The molecule has 1 fully saturated rings. The normalized spacial score (nSPS) is 19.6. The van der Waals surface area contributed by atoms with Gasteiger partial charge in [-0.2, -0.15) is 11.8 Å². The molecule has 1 aliphatic carbocycles. The van der Waals surface area contributed by atoms with Crippen molar-refractivity contribution in [2.75, 3.05) is 19.1 Å². The van der Waals surface area contributed by atoms with Crippen molar-refractivity contribution in [3.8, 4) is 0 Å². The molecule has 0 spiro atoms. The Hall–Kier alpha value is -0.180. The minimum Gasteiger partial charge on any atom is -0.469 e. The minimum atomic E-state index is -0.121. The molecule has 0 radical (unpaired) electrons. The monoisotopic (exact) mass is 216 g/mol. The molecule has 0 aliphatic heterocycles. The Balaban J connectivity index is 2.49. The molecular weight excluding hydrogens is 196 g/mol. The number of thioether (sulfide) groups is 1. The summed E-state index contributed by atoms with van der Waals surface area (Å²) in [4.78, 5) is 11.7. The van der Waals surface area contributed by atoms with Gasteiger partial charge in [-0.05, 0) is 37.7 Å². The lowest BCUT2D eigenvalue weighted by Crippen LogP contribution is -2.29. The number of hydrogen-bond acceptors (Lipinski definition) is 3. The van der Waals surface area contributed by atoms with Gasteiger partial charge in [0.25, 0.3) is 0 Å². The highest BCUT2D eigenvalue weighted by Gasteiger charge is 2.41. The highest BCUT2D eigenvalue weighted by Crippen LogP contribution is 2.43. The Morgan fingerprint density at radius 1 is 1.43 bits per heavy atom. The summed E-state index contributed by atoms with van der Waals surface area (Å²) in [7, 11) is 1.51. The number of methoxy groups -OCH3 is 1. The van der Waals surface area contributed by atoms with E-state index in [2.05, 4.69) is 6.26 Å². The lowest BCUT2D eigenvalue weighted by Gasteiger charge is -2.25. The second-order valence-electron chi connectivity index (χ2n) is 4.08. The zero-order valence-electron chi connectivity index (χ0n) is 9.17. The van der Waals surface area contributed by atoms with E-state index in [0.29, 0.717) is 0 Å². The Bertz CT molecular complexity index is 186. The lowest BCUT2D eigenvalue weighted by molar-refractivity contribution is -0.153. The summed E-state index contributed by atoms with van der Waals surface area (Å²) in [6.45, 7) is 0. The van der Waals surface area contributed by atoms with Crippen molar-refractivity contribution in [3.05, 3.63) is 0 Å². The summed E-state index contributed by atoms with van der Waals surface area (Å²) in [6, 6.07) is 0. The molecule has 0 aromatic carbocycles. The van der Waals surface area contributed by atoms with Crippen LogP contribution >= 0.6 is 11.8 Å². The zero-order valence-corrected chi connectivity index (χ0v) is 9.99. The van der Waals surface area contributed by atoms with Crippen molar-refractivity contribution < 1.29 is 9.53 Å². The van der Waals surface area contributed by atoms with Crippen molar-refractivity contribution in [1.82, 2.24) is 0 Å². The Morgan fingerprint density at radius 2 is 2.07 bits per heavy atom. The van der Waals surface area contributed by atoms with Crippen LogP contribution in [0.1, 0.15) is 38.5 Å². The van der Waals surface area contributed by atoms with Crippen LogP contribution in [0.4, 0.5) is 0 Å². The second-order valence-corrected chi connectivity index (χ2v) is 5.06. The summed E-state index contributed by atoms with van der Waals surface area (Å²) in [5.74, 6) is 1.18. The fraction of sp³-hybridized carbons (Fsp3) is 0.909. The summed E-state index contributed by atoms with van der Waals surface area (Å²) < 4.78 is 4.92. The van der Waals surface area contributed by atoms with E-state index in [-0.39, 0.29) is 11.4 Å². The molecule has 0 heterocycles. The van der Waals surface area contributed by atoms with Gasteiger partial charge in [-0.1, -0.05) is 12.8 Å². The number of carbonyl (C=O) groups is 1. The first-order valence-corrected chi connectivity index (χ1v) is 6.72. The van der Waals surface area contributed by atoms with Crippen LogP contribution in [-0.2, 0) is 9.53 Å². The molecule has 1 aliphatic rings. The molecule has 3 heteroatoms. The van der Waals surface area contributed by atoms with E-state index in [4.69, 9.17) is 4.74 Å². The molecule has 0 amide bonds. The van der Waals surface area contributed by atoms with E-state index in [9.17, 15) is 4.79 Å². The third kappa shape index (κ3) is 2.66. The van der Waals surface area contributed by atoms with Gasteiger partial charge >= 0.3 is 5.97 Å². The average Bonchev–Trinajstić information content (AvgIpc) is 2.67. The molecule has 0 bridgehead atoms. The van der Waals surface area contributed by atoms with Crippen LogP contribution in [0.2, 0.25) is 0 Å². The van der Waals surface area contributed by atoms with Gasteiger partial charge in [-0.3, -0.25) is 4.79 Å². The quantitative estimate of drug-likeness (QED) is 0.522. The van der Waals surface area contributed by atoms with Gasteiger partial charge in [0.05, 0.1) is 12.5 Å². The number of rotatable bonds is 5. The first kappa shape index (κ1) is 11.9. The predicted molar refractivity (Wildman–Crippen MR) is 60.5 cm³/mol. The lowest BCUT2D eigenvalue weighted by atomic mass is 9.82. The number of ether oxygens (including phenoxy) is 1. The van der Waals surface area contributed by atoms with Crippen LogP contribution in [0.15, 0.2) is 0 Å². The number of carbonyl (C=O) groups excluding carboxylic acids is 1. The Morgan fingerprint density at radius 3 is 2.57 bits per heavy atom. The maximum absolute atomic E-state index is 11.7. The molecule has 1 saturated carbocycles. The minimum absolute atomic E-state index is 0.0242. The van der Waals surface area contributed by atoms with Crippen LogP contribution in [0.5, 0.6) is 0 Å². The molecule has 0 atom stereocenters. The molecule has 1 rings (SSSR count). The average molecular weight is 216 g/mol. The van der Waals surface area contributed by atoms with Gasteiger partial charge in [0.15, 0.2) is 0 Å². The first-order chi connectivity index (χ1) is 6.75. The third-order valence-electron chi connectivity index (χ3n) is 3.18. The predicted octanol–water partition coefficient (Wildman–Crippen LogP) is 2.86. The summed E-state index contributed by atoms with van der Waals surface area (Å²) in [5, 5.41) is 0. The summed E-state index contributed by atoms with van der Waals surface area (Å²) in [5.41, 5.74) is -0.121. The summed E-state index contributed by atoms with van der Waals surface area (Å²) >= 11 is 1.85. The van der Waals surface area contributed by atoms with Gasteiger partial charge in [0.2, 0.25) is 0 Å². The van der Waals surface area contributed by atoms with E-state index in [1.165, 1.54) is 20.0 Å². The first-order valence-electron chi connectivity index (χ1n) is 5.32. The molecule has 0 saturated heterocycles. The van der Waals surface area contributed by atoms with Crippen molar-refractivity contribution >= 4 is 17.7 Å². The van der Waals surface area contributed by atoms with Crippen LogP contribution in [-0.4, -0.2) is 25.1 Å². The van der Waals surface area contributed by atoms with Gasteiger partial charge in [0, 0.05) is 0 Å². The van der Waals surface area contributed by atoms with Crippen molar-refractivity contribution in [1.29, 1.82) is 0 Å². The number of esters is 1. The maximum Gasteiger partial charge on any atom is 0.311 e. The third-order valence-corrected chi connectivity index (χ3v) is 3.88. The topological polar surface area (TPSA) is 26.3 Å². The van der Waals surface area contributed by atoms with Gasteiger partial charge in [-0.15, -0.1) is 0 Å². The molecule has 14 heavy (non-hydrogen) atoms. The van der Waals surface area contributed by atoms with Crippen LogP contribution in [0.3, 0.4) is 0 Å². The smallest absolute Gasteiger partial charge is 0.311 e. The fourth-order valence-corrected chi connectivity index (χ4v) is 2.81. The highest BCUT2D eigenvalue weighted by molar-refractivity contribution is 7.98. The van der Waals surface area contributed by atoms with E-state index >= 15 is 0 Å². The Labute approximate surface area is 90.8 Å². The van der Waals surface area contributed by atoms with E-state index < -0.39 is 0 Å². The second kappa shape index (κ2) is 5.64. The number of hydrogen-bond donors (Lipinski definition) is 0. The molecule has 0 N–H and O–H groups in total. The standard InChI is InChI=1S/C11H20O2S/c1-13-10(12)11(6-3-4-7-11)8-5-9-14-2/h3-9H2,1-2H3. The summed E-state index contributed by atoms with van der Waals surface area (Å²) in [6.07, 6.45) is 8.71. The van der Waals surface area contributed by atoms with Gasteiger partial charge in [0.1, 0.15) is 0 Å². The van der Waals surface area contributed by atoms with E-state index in [0.717, 1.165) is 31.4 Å². The molecule has 82 valence electrons. The fourth-order valence-electron chi connectivity index (χ4n) is 2.38. The van der Waals surface area contributed by atoms with Crippen molar-refractivity contribution in [2.24, 2.45) is 5.41 Å². The molecule has 0 aromatic rings. The van der Waals surface area contributed by atoms with Gasteiger partial charge in [-0.25, -0.2) is 0 Å². The highest BCUT2D eigenvalue weighted by atomic mass is 32.2. The SMILES string of the molecule is COC(=O)C1(CCCSC)CCCC1. The van der Waals surface area contributed by atoms with Crippen molar-refractivity contribution in [3.63, 3.8) is 0 Å². The van der Waals surface area contributed by atoms with E-state index in [1.54, 1.807) is 0 Å². The molecule has 0 aromatic heterocycles. The van der Waals surface area contributed by atoms with Crippen LogP contribution in [0, 0.1) is 5.41 Å². The van der Waals surface area contributed by atoms with Gasteiger partial charge < -0.3 is 4.74 Å². The van der Waals surface area contributed by atoms with Crippen LogP contribution in [0.25, 0.3) is 0 Å². The van der Waals surface area contributed by atoms with E-state index in [1.807, 2.05) is 11.8 Å². The molecule has 0 unspecified atom stereocenters. The maximum atomic E-state index is 11.7. The zero-order chi connectivity index (χ0) is 10.4. The molecular formula is C11H20O2S. The van der Waals surface area contributed by atoms with Crippen LogP contribution < -0.4 is 0 Å². The molecule has 2 nitrogen and oxygen atoms in total. The Kier molecular flexibility index (Phi) is 4.79. The largest absolute Gasteiger partial charge is 0.469 e.